The van der Waals surface area contributed by atoms with Crippen molar-refractivity contribution in [3.63, 3.8) is 0 Å². The van der Waals surface area contributed by atoms with Gasteiger partial charge >= 0.3 is 5.69 Å². The van der Waals surface area contributed by atoms with Crippen LogP contribution in [0.25, 0.3) is 0 Å². The van der Waals surface area contributed by atoms with Gasteiger partial charge in [-0.25, -0.2) is 4.79 Å². The topological polar surface area (TPSA) is 82.2 Å². The number of H-pyrrole nitrogens is 1. The van der Waals surface area contributed by atoms with Gasteiger partial charge in [0.15, 0.2) is 0 Å². The predicted octanol–water partition coefficient (Wildman–Crippen LogP) is 1.73. The van der Waals surface area contributed by atoms with Crippen LogP contribution in [-0.4, -0.2) is 51.9 Å². The van der Waals surface area contributed by atoms with E-state index in [0.29, 0.717) is 18.8 Å². The standard InChI is InChI=1S/C19H25N5O2/c1-13-12-20-6-5-15(13)23-7-9-24(10-8-23)17(25)14-11-16(19(2,3)4)22-18(26)21-14/h5-6,11-12H,7-10H2,1-4H3,(H,21,22,26). The van der Waals surface area contributed by atoms with Gasteiger partial charge in [-0.1, -0.05) is 20.8 Å². The molecule has 1 aliphatic rings. The van der Waals surface area contributed by atoms with Gasteiger partial charge in [0, 0.05) is 55.4 Å². The Bertz CT molecular complexity index is 861. The highest BCUT2D eigenvalue weighted by Crippen LogP contribution is 2.22. The van der Waals surface area contributed by atoms with Crippen LogP contribution in [0.2, 0.25) is 0 Å². The summed E-state index contributed by atoms with van der Waals surface area (Å²) in [6.07, 6.45) is 3.63. The average Bonchev–Trinajstić information content (AvgIpc) is 2.60. The molecule has 0 bridgehead atoms. The summed E-state index contributed by atoms with van der Waals surface area (Å²) in [5.74, 6) is -0.187. The molecule has 7 heteroatoms. The Hall–Kier alpha value is -2.70. The lowest BCUT2D eigenvalue weighted by molar-refractivity contribution is 0.0740. The van der Waals surface area contributed by atoms with Crippen molar-refractivity contribution in [3.05, 3.63) is 52.0 Å². The maximum Gasteiger partial charge on any atom is 0.345 e. The van der Waals surface area contributed by atoms with Gasteiger partial charge in [0.05, 0.1) is 0 Å². The van der Waals surface area contributed by atoms with E-state index in [4.69, 9.17) is 0 Å². The Morgan fingerprint density at radius 1 is 1.19 bits per heavy atom. The van der Waals surface area contributed by atoms with E-state index in [-0.39, 0.29) is 17.0 Å². The van der Waals surface area contributed by atoms with Crippen molar-refractivity contribution in [3.8, 4) is 0 Å². The lowest BCUT2D eigenvalue weighted by Crippen LogP contribution is -2.49. The molecule has 1 amide bonds. The first-order valence-electron chi connectivity index (χ1n) is 8.82. The molecule has 3 rings (SSSR count). The first kappa shape index (κ1) is 18.1. The fraction of sp³-hybridized carbons (Fsp3) is 0.474. The van der Waals surface area contributed by atoms with Crippen LogP contribution in [0.3, 0.4) is 0 Å². The molecule has 0 atom stereocenters. The van der Waals surface area contributed by atoms with Crippen LogP contribution in [0.4, 0.5) is 5.69 Å². The second kappa shape index (κ2) is 6.90. The number of carbonyl (C=O) groups is 1. The number of carbonyl (C=O) groups excluding carboxylic acids is 1. The summed E-state index contributed by atoms with van der Waals surface area (Å²) in [6.45, 7) is 10.7. The summed E-state index contributed by atoms with van der Waals surface area (Å²) in [4.78, 5) is 39.5. The molecule has 0 unspecified atom stereocenters. The number of pyridine rings is 1. The highest BCUT2D eigenvalue weighted by atomic mass is 16.2. The Kier molecular flexibility index (Phi) is 4.80. The van der Waals surface area contributed by atoms with Crippen LogP contribution in [0, 0.1) is 6.92 Å². The van der Waals surface area contributed by atoms with Gasteiger partial charge < -0.3 is 14.8 Å². The summed E-state index contributed by atoms with van der Waals surface area (Å²) in [5.41, 5.74) is 2.47. The SMILES string of the molecule is Cc1cnccc1N1CCN(C(=O)c2cc(C(C)(C)C)[nH]c(=O)n2)CC1. The third-order valence-electron chi connectivity index (χ3n) is 4.67. The minimum atomic E-state index is -0.480. The van der Waals surface area contributed by atoms with Gasteiger partial charge in [-0.2, -0.15) is 4.98 Å². The molecule has 0 saturated carbocycles. The molecular weight excluding hydrogens is 330 g/mol. The van der Waals surface area contributed by atoms with Gasteiger partial charge in [0.2, 0.25) is 0 Å². The fourth-order valence-electron chi connectivity index (χ4n) is 3.10. The molecule has 7 nitrogen and oxygen atoms in total. The van der Waals surface area contributed by atoms with Gasteiger partial charge in [-0.15, -0.1) is 0 Å². The van der Waals surface area contributed by atoms with E-state index in [9.17, 15) is 9.59 Å². The Labute approximate surface area is 153 Å². The molecule has 0 aromatic carbocycles. The van der Waals surface area contributed by atoms with E-state index >= 15 is 0 Å². The number of hydrogen-bond donors (Lipinski definition) is 1. The van der Waals surface area contributed by atoms with Crippen LogP contribution >= 0.6 is 0 Å². The van der Waals surface area contributed by atoms with Gasteiger partial charge in [0.1, 0.15) is 5.69 Å². The molecule has 2 aromatic heterocycles. The highest BCUT2D eigenvalue weighted by Gasteiger charge is 2.25. The van der Waals surface area contributed by atoms with E-state index in [1.54, 1.807) is 17.2 Å². The second-order valence-corrected chi connectivity index (χ2v) is 7.68. The average molecular weight is 355 g/mol. The summed E-state index contributed by atoms with van der Waals surface area (Å²) in [5, 5.41) is 0. The maximum absolute atomic E-state index is 12.8. The van der Waals surface area contributed by atoms with Crippen molar-refractivity contribution in [2.75, 3.05) is 31.1 Å². The number of aryl methyl sites for hydroxylation is 1. The molecule has 1 N–H and O–H groups in total. The summed E-state index contributed by atoms with van der Waals surface area (Å²) in [7, 11) is 0. The monoisotopic (exact) mass is 355 g/mol. The van der Waals surface area contributed by atoms with Crippen LogP contribution < -0.4 is 10.6 Å². The van der Waals surface area contributed by atoms with E-state index in [1.165, 1.54) is 0 Å². The number of aromatic nitrogens is 3. The summed E-state index contributed by atoms with van der Waals surface area (Å²) < 4.78 is 0. The van der Waals surface area contributed by atoms with Crippen LogP contribution in [0.15, 0.2) is 29.3 Å². The minimum absolute atomic E-state index is 0.187. The number of rotatable bonds is 2. The summed E-state index contributed by atoms with van der Waals surface area (Å²) >= 11 is 0. The smallest absolute Gasteiger partial charge is 0.345 e. The molecule has 1 saturated heterocycles. The molecule has 0 radical (unpaired) electrons. The number of aromatic amines is 1. The molecule has 2 aromatic rings. The zero-order valence-corrected chi connectivity index (χ0v) is 15.7. The molecule has 0 aliphatic carbocycles. The number of hydrogen-bond acceptors (Lipinski definition) is 5. The van der Waals surface area contributed by atoms with Gasteiger partial charge in [-0.3, -0.25) is 9.78 Å². The van der Waals surface area contributed by atoms with E-state index in [1.807, 2.05) is 40.0 Å². The predicted molar refractivity (Wildman–Crippen MR) is 101 cm³/mol. The zero-order valence-electron chi connectivity index (χ0n) is 15.7. The quantitative estimate of drug-likeness (QED) is 0.887. The largest absolute Gasteiger partial charge is 0.368 e. The molecule has 26 heavy (non-hydrogen) atoms. The molecule has 1 fully saturated rings. The van der Waals surface area contributed by atoms with Crippen LogP contribution in [-0.2, 0) is 5.41 Å². The fourth-order valence-corrected chi connectivity index (χ4v) is 3.10. The maximum atomic E-state index is 12.8. The third-order valence-corrected chi connectivity index (χ3v) is 4.67. The Morgan fingerprint density at radius 2 is 1.88 bits per heavy atom. The lowest BCUT2D eigenvalue weighted by Gasteiger charge is -2.36. The van der Waals surface area contributed by atoms with Crippen molar-refractivity contribution in [1.82, 2.24) is 19.9 Å². The van der Waals surface area contributed by atoms with Crippen molar-refractivity contribution in [2.45, 2.75) is 33.1 Å². The van der Waals surface area contributed by atoms with Crippen molar-refractivity contribution >= 4 is 11.6 Å². The number of piperazine rings is 1. The first-order chi connectivity index (χ1) is 12.3. The second-order valence-electron chi connectivity index (χ2n) is 7.68. The van der Waals surface area contributed by atoms with Crippen molar-refractivity contribution in [2.24, 2.45) is 0 Å². The molecule has 138 valence electrons. The highest BCUT2D eigenvalue weighted by molar-refractivity contribution is 5.92. The van der Waals surface area contributed by atoms with Crippen LogP contribution in [0.1, 0.15) is 42.5 Å². The minimum Gasteiger partial charge on any atom is -0.368 e. The van der Waals surface area contributed by atoms with Gasteiger partial charge in [-0.05, 0) is 24.6 Å². The first-order valence-corrected chi connectivity index (χ1v) is 8.82. The van der Waals surface area contributed by atoms with Crippen molar-refractivity contribution in [1.29, 1.82) is 0 Å². The lowest BCUT2D eigenvalue weighted by atomic mass is 9.91. The van der Waals surface area contributed by atoms with E-state index in [0.717, 1.165) is 24.3 Å². The Balaban J connectivity index is 1.74. The van der Waals surface area contributed by atoms with Crippen LogP contribution in [0.5, 0.6) is 0 Å². The zero-order chi connectivity index (χ0) is 18.9. The number of nitrogens with zero attached hydrogens (tertiary/aromatic N) is 4. The van der Waals surface area contributed by atoms with Gasteiger partial charge in [0.25, 0.3) is 5.91 Å². The summed E-state index contributed by atoms with van der Waals surface area (Å²) in [6, 6.07) is 3.70. The molecule has 0 spiro atoms. The normalized spacial score (nSPS) is 15.2. The van der Waals surface area contributed by atoms with E-state index in [2.05, 4.69) is 19.9 Å². The molecular formula is C19H25N5O2. The number of anilines is 1. The number of nitrogens with one attached hydrogen (secondary N) is 1. The third kappa shape index (κ3) is 3.76. The Morgan fingerprint density at radius 3 is 2.50 bits per heavy atom. The molecule has 1 aliphatic heterocycles. The number of amides is 1. The van der Waals surface area contributed by atoms with E-state index < -0.39 is 5.69 Å². The molecule has 3 heterocycles. The van der Waals surface area contributed by atoms with Crippen molar-refractivity contribution < 1.29 is 4.79 Å².